The zero-order valence-electron chi connectivity index (χ0n) is 11.6. The van der Waals surface area contributed by atoms with E-state index in [1.807, 2.05) is 33.2 Å². The first kappa shape index (κ1) is 13.2. The van der Waals surface area contributed by atoms with Gasteiger partial charge in [0.1, 0.15) is 0 Å². The van der Waals surface area contributed by atoms with E-state index in [1.165, 1.54) is 6.42 Å². The molecule has 0 bridgehead atoms. The highest BCUT2D eigenvalue weighted by molar-refractivity contribution is 6.03. The van der Waals surface area contributed by atoms with Crippen LogP contribution in [0.2, 0.25) is 0 Å². The van der Waals surface area contributed by atoms with Crippen LogP contribution in [-0.4, -0.2) is 35.3 Å². The van der Waals surface area contributed by atoms with Crippen molar-refractivity contribution >= 4 is 5.78 Å². The van der Waals surface area contributed by atoms with Gasteiger partial charge in [-0.25, -0.2) is 0 Å². The van der Waals surface area contributed by atoms with Crippen LogP contribution in [-0.2, 0) is 0 Å². The Hall–Kier alpha value is -1.22. The predicted molar refractivity (Wildman–Crippen MR) is 72.8 cm³/mol. The average Bonchev–Trinajstić information content (AvgIpc) is 2.39. The normalized spacial score (nSPS) is 18.9. The first-order chi connectivity index (χ1) is 8.56. The highest BCUT2D eigenvalue weighted by Crippen LogP contribution is 2.35. The van der Waals surface area contributed by atoms with Crippen molar-refractivity contribution in [2.75, 3.05) is 14.1 Å². The molecule has 1 aromatic rings. The largest absolute Gasteiger partial charge is 0.297 e. The third-order valence-corrected chi connectivity index (χ3v) is 4.13. The smallest absolute Gasteiger partial charge is 0.184 e. The molecule has 0 N–H and O–H groups in total. The number of carbonyl (C=O) groups excluding carboxylic acids is 1. The van der Waals surface area contributed by atoms with Crippen LogP contribution in [0.4, 0.5) is 0 Å². The van der Waals surface area contributed by atoms with Gasteiger partial charge in [-0.05, 0) is 46.0 Å². The average molecular weight is 246 g/mol. The van der Waals surface area contributed by atoms with Gasteiger partial charge in [0.25, 0.3) is 0 Å². The Bertz CT molecular complexity index is 417. The Balaban J connectivity index is 2.31. The molecule has 3 nitrogen and oxygen atoms in total. The molecule has 0 aliphatic heterocycles. The predicted octanol–water partition coefficient (Wildman–Crippen LogP) is 2.84. The molecule has 1 aliphatic carbocycles. The summed E-state index contributed by atoms with van der Waals surface area (Å²) in [4.78, 5) is 19.1. The van der Waals surface area contributed by atoms with E-state index in [-0.39, 0.29) is 11.3 Å². The van der Waals surface area contributed by atoms with Gasteiger partial charge in [-0.1, -0.05) is 19.3 Å². The summed E-state index contributed by atoms with van der Waals surface area (Å²) in [6.45, 7) is 1.94. The molecule has 0 saturated heterocycles. The lowest BCUT2D eigenvalue weighted by atomic mass is 9.76. The van der Waals surface area contributed by atoms with Crippen molar-refractivity contribution in [3.05, 3.63) is 29.6 Å². The van der Waals surface area contributed by atoms with Crippen molar-refractivity contribution in [1.82, 2.24) is 9.88 Å². The molecular formula is C15H22N2O. The maximum atomic E-state index is 12.8. The highest BCUT2D eigenvalue weighted by atomic mass is 16.1. The van der Waals surface area contributed by atoms with Gasteiger partial charge in [0.05, 0.1) is 5.54 Å². The van der Waals surface area contributed by atoms with Crippen molar-refractivity contribution in [3.8, 4) is 0 Å². The number of aromatic nitrogens is 1. The van der Waals surface area contributed by atoms with E-state index in [4.69, 9.17) is 0 Å². The minimum atomic E-state index is -0.310. The van der Waals surface area contributed by atoms with E-state index in [0.717, 1.165) is 36.9 Å². The van der Waals surface area contributed by atoms with Gasteiger partial charge in [0, 0.05) is 17.5 Å². The minimum Gasteiger partial charge on any atom is -0.297 e. The second-order valence-corrected chi connectivity index (χ2v) is 5.50. The topological polar surface area (TPSA) is 33.2 Å². The van der Waals surface area contributed by atoms with Gasteiger partial charge in [-0.2, -0.15) is 0 Å². The van der Waals surface area contributed by atoms with Crippen LogP contribution < -0.4 is 0 Å². The molecule has 1 fully saturated rings. The number of ketones is 1. The summed E-state index contributed by atoms with van der Waals surface area (Å²) in [5.74, 6) is 0.236. The van der Waals surface area contributed by atoms with Gasteiger partial charge in [0.15, 0.2) is 5.78 Å². The van der Waals surface area contributed by atoms with Crippen LogP contribution in [0.15, 0.2) is 18.3 Å². The SMILES string of the molecule is Cc1ccc(C(=O)C2(N(C)C)CCCCC2)cn1. The number of hydrogen-bond donors (Lipinski definition) is 0. The molecule has 0 aromatic carbocycles. The number of hydrogen-bond acceptors (Lipinski definition) is 3. The monoisotopic (exact) mass is 246 g/mol. The van der Waals surface area contributed by atoms with Crippen molar-refractivity contribution < 1.29 is 4.79 Å². The fourth-order valence-corrected chi connectivity index (χ4v) is 2.88. The number of aryl methyl sites for hydroxylation is 1. The number of pyridine rings is 1. The Morgan fingerprint density at radius 2 is 1.89 bits per heavy atom. The molecule has 3 heteroatoms. The highest BCUT2D eigenvalue weighted by Gasteiger charge is 2.41. The van der Waals surface area contributed by atoms with Gasteiger partial charge < -0.3 is 0 Å². The van der Waals surface area contributed by atoms with Crippen LogP contribution in [0, 0.1) is 6.92 Å². The van der Waals surface area contributed by atoms with Crippen LogP contribution in [0.1, 0.15) is 48.2 Å². The Kier molecular flexibility index (Phi) is 3.81. The summed E-state index contributed by atoms with van der Waals surface area (Å²) in [6.07, 6.45) is 7.18. The molecule has 1 aliphatic rings. The van der Waals surface area contributed by atoms with Crippen molar-refractivity contribution in [2.24, 2.45) is 0 Å². The van der Waals surface area contributed by atoms with Gasteiger partial charge >= 0.3 is 0 Å². The molecule has 1 heterocycles. The number of carbonyl (C=O) groups is 1. The fraction of sp³-hybridized carbons (Fsp3) is 0.600. The third kappa shape index (κ3) is 2.32. The first-order valence-electron chi connectivity index (χ1n) is 6.71. The summed E-state index contributed by atoms with van der Waals surface area (Å²) >= 11 is 0. The lowest BCUT2D eigenvalue weighted by Gasteiger charge is -2.41. The molecule has 2 rings (SSSR count). The maximum Gasteiger partial charge on any atom is 0.184 e. The lowest BCUT2D eigenvalue weighted by Crippen LogP contribution is -2.52. The molecule has 0 amide bonds. The van der Waals surface area contributed by atoms with Gasteiger partial charge in [-0.15, -0.1) is 0 Å². The van der Waals surface area contributed by atoms with Crippen molar-refractivity contribution in [3.63, 3.8) is 0 Å². The fourth-order valence-electron chi connectivity index (χ4n) is 2.88. The molecule has 0 radical (unpaired) electrons. The van der Waals surface area contributed by atoms with Gasteiger partial charge in [-0.3, -0.25) is 14.7 Å². The van der Waals surface area contributed by atoms with Crippen molar-refractivity contribution in [1.29, 1.82) is 0 Å². The Morgan fingerprint density at radius 3 is 2.39 bits per heavy atom. The summed E-state index contributed by atoms with van der Waals surface area (Å²) in [5, 5.41) is 0. The number of nitrogens with zero attached hydrogens (tertiary/aromatic N) is 2. The molecule has 18 heavy (non-hydrogen) atoms. The number of likely N-dealkylation sites (N-methyl/N-ethyl adjacent to an activating group) is 1. The first-order valence-corrected chi connectivity index (χ1v) is 6.71. The second-order valence-electron chi connectivity index (χ2n) is 5.50. The summed E-state index contributed by atoms with van der Waals surface area (Å²) in [6, 6.07) is 3.82. The van der Waals surface area contributed by atoms with Crippen LogP contribution >= 0.6 is 0 Å². The molecular weight excluding hydrogens is 224 g/mol. The van der Waals surface area contributed by atoms with E-state index < -0.39 is 0 Å². The maximum absolute atomic E-state index is 12.8. The standard InChI is InChI=1S/C15H22N2O/c1-12-7-8-13(11-16-12)14(18)15(17(2)3)9-5-4-6-10-15/h7-8,11H,4-6,9-10H2,1-3H3. The molecule has 1 aromatic heterocycles. The second kappa shape index (κ2) is 5.19. The molecule has 0 atom stereocenters. The minimum absolute atomic E-state index is 0.236. The van der Waals surface area contributed by atoms with E-state index in [2.05, 4.69) is 9.88 Å². The molecule has 98 valence electrons. The van der Waals surface area contributed by atoms with Crippen molar-refractivity contribution in [2.45, 2.75) is 44.6 Å². The summed E-state index contributed by atoms with van der Waals surface area (Å²) in [5.41, 5.74) is 1.39. The van der Waals surface area contributed by atoms with Gasteiger partial charge in [0.2, 0.25) is 0 Å². The van der Waals surface area contributed by atoms with E-state index in [9.17, 15) is 4.79 Å². The molecule has 0 unspecified atom stereocenters. The lowest BCUT2D eigenvalue weighted by molar-refractivity contribution is 0.0563. The van der Waals surface area contributed by atoms with Crippen LogP contribution in [0.3, 0.4) is 0 Å². The number of rotatable bonds is 3. The summed E-state index contributed by atoms with van der Waals surface area (Å²) in [7, 11) is 4.04. The van der Waals surface area contributed by atoms with E-state index in [0.29, 0.717) is 0 Å². The molecule has 1 saturated carbocycles. The Labute approximate surface area is 109 Å². The van der Waals surface area contributed by atoms with Crippen LogP contribution in [0.25, 0.3) is 0 Å². The number of Topliss-reactive ketones (excluding diaryl/α,β-unsaturated/α-hetero) is 1. The van der Waals surface area contributed by atoms with Crippen LogP contribution in [0.5, 0.6) is 0 Å². The zero-order chi connectivity index (χ0) is 13.2. The van der Waals surface area contributed by atoms with E-state index >= 15 is 0 Å². The Morgan fingerprint density at radius 1 is 1.22 bits per heavy atom. The summed E-state index contributed by atoms with van der Waals surface area (Å²) < 4.78 is 0. The molecule has 0 spiro atoms. The third-order valence-electron chi connectivity index (χ3n) is 4.13. The van der Waals surface area contributed by atoms with E-state index in [1.54, 1.807) is 6.20 Å². The quantitative estimate of drug-likeness (QED) is 0.769. The zero-order valence-corrected chi connectivity index (χ0v) is 11.6.